The second kappa shape index (κ2) is 5.20. The van der Waals surface area contributed by atoms with Crippen LogP contribution in [0.15, 0.2) is 41.7 Å². The molecule has 0 radical (unpaired) electrons. The van der Waals surface area contributed by atoms with Gasteiger partial charge in [0.2, 0.25) is 0 Å². The SMILES string of the molecule is CCC(O)=C(C)C(=O)Oc1ccccc1. The molecule has 0 aromatic heterocycles. The van der Waals surface area contributed by atoms with Gasteiger partial charge in [-0.15, -0.1) is 0 Å². The number of aliphatic hydroxyl groups is 1. The first kappa shape index (κ1) is 11.3. The first-order valence-electron chi connectivity index (χ1n) is 4.81. The molecule has 1 aromatic carbocycles. The van der Waals surface area contributed by atoms with Crippen LogP contribution in [0.25, 0.3) is 0 Å². The number of rotatable bonds is 3. The summed E-state index contributed by atoms with van der Waals surface area (Å²) in [6, 6.07) is 8.77. The van der Waals surface area contributed by atoms with Gasteiger partial charge in [-0.2, -0.15) is 0 Å². The molecule has 80 valence electrons. The van der Waals surface area contributed by atoms with E-state index in [4.69, 9.17) is 4.74 Å². The molecule has 1 aromatic rings. The lowest BCUT2D eigenvalue weighted by atomic mass is 10.2. The van der Waals surface area contributed by atoms with Crippen molar-refractivity contribution in [2.24, 2.45) is 0 Å². The maximum atomic E-state index is 11.5. The molecule has 0 atom stereocenters. The van der Waals surface area contributed by atoms with Gasteiger partial charge in [0.1, 0.15) is 11.5 Å². The van der Waals surface area contributed by atoms with Crippen LogP contribution in [0.3, 0.4) is 0 Å². The standard InChI is InChI=1S/C12H14O3/c1-3-11(13)9(2)12(14)15-10-7-5-4-6-8-10/h4-8,13H,3H2,1-2H3. The Morgan fingerprint density at radius 2 is 1.93 bits per heavy atom. The Hall–Kier alpha value is -1.77. The van der Waals surface area contributed by atoms with Crippen LogP contribution in [0.4, 0.5) is 0 Å². The van der Waals surface area contributed by atoms with Gasteiger partial charge in [0, 0.05) is 6.42 Å². The molecule has 0 spiro atoms. The monoisotopic (exact) mass is 206 g/mol. The summed E-state index contributed by atoms with van der Waals surface area (Å²) in [5.74, 6) is 0.0298. The highest BCUT2D eigenvalue weighted by atomic mass is 16.5. The fourth-order valence-corrected chi connectivity index (χ4v) is 1.06. The van der Waals surface area contributed by atoms with E-state index in [0.29, 0.717) is 12.2 Å². The number of hydrogen-bond donors (Lipinski definition) is 1. The first-order chi connectivity index (χ1) is 7.15. The van der Waals surface area contributed by atoms with Crippen LogP contribution in [0.1, 0.15) is 20.3 Å². The topological polar surface area (TPSA) is 46.5 Å². The van der Waals surface area contributed by atoms with Crippen LogP contribution in [-0.4, -0.2) is 11.1 Å². The number of hydrogen-bond acceptors (Lipinski definition) is 3. The third kappa shape index (κ3) is 3.13. The minimum Gasteiger partial charge on any atom is -0.512 e. The lowest BCUT2D eigenvalue weighted by Gasteiger charge is -2.05. The maximum Gasteiger partial charge on any atom is 0.342 e. The number of aliphatic hydroxyl groups excluding tert-OH is 1. The average Bonchev–Trinajstić information content (AvgIpc) is 2.28. The average molecular weight is 206 g/mol. The number of para-hydroxylation sites is 1. The van der Waals surface area contributed by atoms with Crippen LogP contribution in [0, 0.1) is 0 Å². The third-order valence-electron chi connectivity index (χ3n) is 2.03. The molecule has 0 aliphatic heterocycles. The van der Waals surface area contributed by atoms with Crippen molar-refractivity contribution in [3.63, 3.8) is 0 Å². The summed E-state index contributed by atoms with van der Waals surface area (Å²) in [5, 5.41) is 9.35. The summed E-state index contributed by atoms with van der Waals surface area (Å²) < 4.78 is 5.04. The zero-order chi connectivity index (χ0) is 11.3. The van der Waals surface area contributed by atoms with Gasteiger partial charge in [0.05, 0.1) is 5.57 Å². The molecule has 3 heteroatoms. The molecule has 0 aliphatic rings. The molecule has 0 amide bonds. The third-order valence-corrected chi connectivity index (χ3v) is 2.03. The van der Waals surface area contributed by atoms with Gasteiger partial charge in [0.25, 0.3) is 0 Å². The second-order valence-electron chi connectivity index (χ2n) is 3.13. The Balaban J connectivity index is 2.73. The lowest BCUT2D eigenvalue weighted by molar-refractivity contribution is -0.130. The summed E-state index contributed by atoms with van der Waals surface area (Å²) in [5.41, 5.74) is 0.251. The smallest absolute Gasteiger partial charge is 0.342 e. The largest absolute Gasteiger partial charge is 0.512 e. The van der Waals surface area contributed by atoms with E-state index in [1.165, 1.54) is 0 Å². The Labute approximate surface area is 89.0 Å². The molecule has 1 rings (SSSR count). The normalized spacial score (nSPS) is 11.9. The number of ether oxygens (including phenoxy) is 1. The van der Waals surface area contributed by atoms with Crippen molar-refractivity contribution < 1.29 is 14.6 Å². The van der Waals surface area contributed by atoms with E-state index in [1.807, 2.05) is 6.07 Å². The van der Waals surface area contributed by atoms with E-state index in [0.717, 1.165) is 0 Å². The molecule has 15 heavy (non-hydrogen) atoms. The van der Waals surface area contributed by atoms with Gasteiger partial charge < -0.3 is 9.84 Å². The highest BCUT2D eigenvalue weighted by molar-refractivity contribution is 5.89. The Morgan fingerprint density at radius 1 is 1.33 bits per heavy atom. The summed E-state index contributed by atoms with van der Waals surface area (Å²) in [7, 11) is 0. The van der Waals surface area contributed by atoms with Gasteiger partial charge in [-0.1, -0.05) is 25.1 Å². The van der Waals surface area contributed by atoms with Gasteiger partial charge in [-0.05, 0) is 19.1 Å². The first-order valence-corrected chi connectivity index (χ1v) is 4.81. The molecule has 1 N–H and O–H groups in total. The van der Waals surface area contributed by atoms with E-state index in [-0.39, 0.29) is 11.3 Å². The molecule has 0 saturated heterocycles. The molecular formula is C12H14O3. The van der Waals surface area contributed by atoms with E-state index < -0.39 is 5.97 Å². The highest BCUT2D eigenvalue weighted by Gasteiger charge is 2.11. The summed E-state index contributed by atoms with van der Waals surface area (Å²) in [4.78, 5) is 11.5. The van der Waals surface area contributed by atoms with Crippen molar-refractivity contribution in [1.82, 2.24) is 0 Å². The number of carbonyl (C=O) groups is 1. The van der Waals surface area contributed by atoms with Crippen molar-refractivity contribution in [3.8, 4) is 5.75 Å². The number of esters is 1. The molecule has 0 heterocycles. The molecule has 0 unspecified atom stereocenters. The molecule has 0 bridgehead atoms. The van der Waals surface area contributed by atoms with Crippen LogP contribution >= 0.6 is 0 Å². The van der Waals surface area contributed by atoms with Crippen LogP contribution in [-0.2, 0) is 4.79 Å². The Kier molecular flexibility index (Phi) is 3.92. The highest BCUT2D eigenvalue weighted by Crippen LogP contribution is 2.12. The van der Waals surface area contributed by atoms with Gasteiger partial charge >= 0.3 is 5.97 Å². The zero-order valence-electron chi connectivity index (χ0n) is 8.86. The molecule has 0 fully saturated rings. The van der Waals surface area contributed by atoms with Crippen LogP contribution in [0.5, 0.6) is 5.75 Å². The fourth-order valence-electron chi connectivity index (χ4n) is 1.06. The molecular weight excluding hydrogens is 192 g/mol. The van der Waals surface area contributed by atoms with E-state index in [1.54, 1.807) is 38.1 Å². The predicted molar refractivity (Wildman–Crippen MR) is 57.7 cm³/mol. The zero-order valence-corrected chi connectivity index (χ0v) is 8.86. The number of carbonyl (C=O) groups excluding carboxylic acids is 1. The van der Waals surface area contributed by atoms with Crippen LogP contribution in [0.2, 0.25) is 0 Å². The van der Waals surface area contributed by atoms with Crippen molar-refractivity contribution >= 4 is 5.97 Å². The van der Waals surface area contributed by atoms with E-state index in [2.05, 4.69) is 0 Å². The van der Waals surface area contributed by atoms with Crippen molar-refractivity contribution in [1.29, 1.82) is 0 Å². The van der Waals surface area contributed by atoms with Gasteiger partial charge in [-0.3, -0.25) is 0 Å². The minimum absolute atomic E-state index is 0.0657. The molecule has 0 aliphatic carbocycles. The second-order valence-corrected chi connectivity index (χ2v) is 3.13. The van der Waals surface area contributed by atoms with Crippen molar-refractivity contribution in [3.05, 3.63) is 41.7 Å². The quantitative estimate of drug-likeness (QED) is 0.358. The number of allylic oxidation sites excluding steroid dienone is 1. The Morgan fingerprint density at radius 3 is 2.47 bits per heavy atom. The number of benzene rings is 1. The van der Waals surface area contributed by atoms with E-state index in [9.17, 15) is 9.90 Å². The molecule has 3 nitrogen and oxygen atoms in total. The minimum atomic E-state index is -0.513. The van der Waals surface area contributed by atoms with E-state index >= 15 is 0 Å². The summed E-state index contributed by atoms with van der Waals surface area (Å²) in [6.07, 6.45) is 0.426. The molecule has 0 saturated carbocycles. The maximum absolute atomic E-state index is 11.5. The van der Waals surface area contributed by atoms with Gasteiger partial charge in [0.15, 0.2) is 0 Å². The summed E-state index contributed by atoms with van der Waals surface area (Å²) >= 11 is 0. The van der Waals surface area contributed by atoms with Crippen molar-refractivity contribution in [2.45, 2.75) is 20.3 Å². The fraction of sp³-hybridized carbons (Fsp3) is 0.250. The summed E-state index contributed by atoms with van der Waals surface area (Å²) in [6.45, 7) is 3.32. The van der Waals surface area contributed by atoms with Gasteiger partial charge in [-0.25, -0.2) is 4.79 Å². The van der Waals surface area contributed by atoms with Crippen LogP contribution < -0.4 is 4.74 Å². The lowest BCUT2D eigenvalue weighted by Crippen LogP contribution is -2.11. The Bertz CT molecular complexity index is 366. The predicted octanol–water partition coefficient (Wildman–Crippen LogP) is 2.83. The van der Waals surface area contributed by atoms with Crippen molar-refractivity contribution in [2.75, 3.05) is 0 Å².